The van der Waals surface area contributed by atoms with Gasteiger partial charge in [0.15, 0.2) is 0 Å². The Morgan fingerprint density at radius 1 is 1.00 bits per heavy atom. The Labute approximate surface area is 147 Å². The van der Waals surface area contributed by atoms with Crippen molar-refractivity contribution < 1.29 is 4.79 Å². The molecule has 3 aromatic rings. The van der Waals surface area contributed by atoms with Gasteiger partial charge in [-0.1, -0.05) is 43.3 Å². The van der Waals surface area contributed by atoms with Crippen LogP contribution in [0.4, 0.5) is 17.2 Å². The van der Waals surface area contributed by atoms with Crippen LogP contribution in [0.2, 0.25) is 0 Å². The summed E-state index contributed by atoms with van der Waals surface area (Å²) < 4.78 is 0. The minimum atomic E-state index is -0.261. The van der Waals surface area contributed by atoms with Gasteiger partial charge >= 0.3 is 0 Å². The summed E-state index contributed by atoms with van der Waals surface area (Å²) >= 11 is 0. The fourth-order valence-corrected chi connectivity index (χ4v) is 2.54. The van der Waals surface area contributed by atoms with Crippen LogP contribution in [0.15, 0.2) is 60.9 Å². The molecule has 126 valence electrons. The average Bonchev–Trinajstić information content (AvgIpc) is 2.64. The Morgan fingerprint density at radius 3 is 2.48 bits per heavy atom. The summed E-state index contributed by atoms with van der Waals surface area (Å²) in [6.07, 6.45) is 2.30. The highest BCUT2D eigenvalue weighted by Crippen LogP contribution is 2.20. The summed E-state index contributed by atoms with van der Waals surface area (Å²) in [5.41, 5.74) is 4.26. The van der Waals surface area contributed by atoms with Crippen LogP contribution in [0.25, 0.3) is 0 Å². The topological polar surface area (TPSA) is 66.9 Å². The molecule has 1 heterocycles. The maximum Gasteiger partial charge on any atom is 0.274 e. The molecular weight excluding hydrogens is 312 g/mol. The van der Waals surface area contributed by atoms with Gasteiger partial charge in [-0.05, 0) is 36.6 Å². The fraction of sp³-hybridized carbons (Fsp3) is 0.150. The highest BCUT2D eigenvalue weighted by atomic mass is 16.1. The molecule has 1 amide bonds. The van der Waals surface area contributed by atoms with Gasteiger partial charge in [-0.25, -0.2) is 9.97 Å². The standard InChI is InChI=1S/C20H20N4O/c1-3-15-9-5-7-11-17(15)23-19-12-18(21-13-22-19)20(25)24-16-10-6-4-8-14(16)2/h4-13H,3H2,1-2H3,(H,24,25)(H,21,22,23). The Hall–Kier alpha value is -3.21. The molecule has 0 radical (unpaired) electrons. The van der Waals surface area contributed by atoms with Crippen molar-refractivity contribution >= 4 is 23.1 Å². The van der Waals surface area contributed by atoms with Crippen LogP contribution in [0.5, 0.6) is 0 Å². The third kappa shape index (κ3) is 4.01. The van der Waals surface area contributed by atoms with Crippen molar-refractivity contribution in [1.82, 2.24) is 9.97 Å². The molecule has 0 saturated heterocycles. The number of benzene rings is 2. The first kappa shape index (κ1) is 16.6. The van der Waals surface area contributed by atoms with E-state index in [0.717, 1.165) is 23.4 Å². The Kier molecular flexibility index (Phi) is 5.04. The van der Waals surface area contributed by atoms with Gasteiger partial charge in [0, 0.05) is 17.4 Å². The number of aromatic nitrogens is 2. The van der Waals surface area contributed by atoms with Crippen molar-refractivity contribution in [1.29, 1.82) is 0 Å². The van der Waals surface area contributed by atoms with Gasteiger partial charge in [-0.2, -0.15) is 0 Å². The van der Waals surface area contributed by atoms with E-state index in [9.17, 15) is 4.79 Å². The zero-order chi connectivity index (χ0) is 17.6. The number of para-hydroxylation sites is 2. The minimum absolute atomic E-state index is 0.261. The van der Waals surface area contributed by atoms with Crippen LogP contribution in [0.1, 0.15) is 28.5 Å². The van der Waals surface area contributed by atoms with Crippen LogP contribution < -0.4 is 10.6 Å². The van der Waals surface area contributed by atoms with Crippen LogP contribution in [0, 0.1) is 6.92 Å². The number of anilines is 3. The number of hydrogen-bond acceptors (Lipinski definition) is 4. The van der Waals surface area contributed by atoms with Gasteiger partial charge in [0.1, 0.15) is 17.8 Å². The smallest absolute Gasteiger partial charge is 0.274 e. The molecule has 1 aromatic heterocycles. The molecular formula is C20H20N4O. The lowest BCUT2D eigenvalue weighted by atomic mass is 10.1. The number of carbonyl (C=O) groups is 1. The number of carbonyl (C=O) groups excluding carboxylic acids is 1. The van der Waals surface area contributed by atoms with E-state index in [0.29, 0.717) is 11.5 Å². The fourth-order valence-electron chi connectivity index (χ4n) is 2.54. The highest BCUT2D eigenvalue weighted by molar-refractivity contribution is 6.03. The normalized spacial score (nSPS) is 10.3. The largest absolute Gasteiger partial charge is 0.340 e. The lowest BCUT2D eigenvalue weighted by Gasteiger charge is -2.11. The van der Waals surface area contributed by atoms with Gasteiger partial charge in [-0.15, -0.1) is 0 Å². The third-order valence-electron chi connectivity index (χ3n) is 3.95. The van der Waals surface area contributed by atoms with E-state index in [-0.39, 0.29) is 5.91 Å². The van der Waals surface area contributed by atoms with Crippen molar-refractivity contribution in [3.63, 3.8) is 0 Å². The van der Waals surface area contributed by atoms with E-state index in [1.807, 2.05) is 49.4 Å². The first-order chi connectivity index (χ1) is 12.2. The molecule has 2 N–H and O–H groups in total. The Balaban J connectivity index is 1.79. The molecule has 0 atom stereocenters. The minimum Gasteiger partial charge on any atom is -0.340 e. The van der Waals surface area contributed by atoms with Crippen molar-refractivity contribution in [3.8, 4) is 0 Å². The molecule has 2 aromatic carbocycles. The molecule has 0 aliphatic carbocycles. The summed E-state index contributed by atoms with van der Waals surface area (Å²) in [4.78, 5) is 20.8. The molecule has 0 aliphatic heterocycles. The second-order valence-corrected chi connectivity index (χ2v) is 5.69. The Bertz CT molecular complexity index is 892. The van der Waals surface area contributed by atoms with Gasteiger partial charge < -0.3 is 10.6 Å². The van der Waals surface area contributed by atoms with Crippen LogP contribution in [-0.2, 0) is 6.42 Å². The first-order valence-corrected chi connectivity index (χ1v) is 8.21. The molecule has 0 fully saturated rings. The number of amides is 1. The van der Waals surface area contributed by atoms with E-state index in [1.165, 1.54) is 11.9 Å². The summed E-state index contributed by atoms with van der Waals surface area (Å²) in [7, 11) is 0. The first-order valence-electron chi connectivity index (χ1n) is 8.21. The molecule has 5 nitrogen and oxygen atoms in total. The molecule has 0 bridgehead atoms. The second kappa shape index (κ2) is 7.57. The zero-order valence-corrected chi connectivity index (χ0v) is 14.3. The van der Waals surface area contributed by atoms with Crippen molar-refractivity contribution in [3.05, 3.63) is 77.7 Å². The number of rotatable bonds is 5. The van der Waals surface area contributed by atoms with Gasteiger partial charge in [0.2, 0.25) is 0 Å². The van der Waals surface area contributed by atoms with E-state index >= 15 is 0 Å². The van der Waals surface area contributed by atoms with Crippen LogP contribution >= 0.6 is 0 Å². The van der Waals surface area contributed by atoms with E-state index in [2.05, 4.69) is 33.6 Å². The average molecular weight is 332 g/mol. The van der Waals surface area contributed by atoms with Crippen LogP contribution in [-0.4, -0.2) is 15.9 Å². The van der Waals surface area contributed by atoms with E-state index in [4.69, 9.17) is 0 Å². The second-order valence-electron chi connectivity index (χ2n) is 5.69. The maximum absolute atomic E-state index is 12.5. The predicted octanol–water partition coefficient (Wildman–Crippen LogP) is 4.34. The molecule has 0 aliphatic rings. The zero-order valence-electron chi connectivity index (χ0n) is 14.3. The Morgan fingerprint density at radius 2 is 1.72 bits per heavy atom. The molecule has 5 heteroatoms. The van der Waals surface area contributed by atoms with Crippen molar-refractivity contribution in [2.75, 3.05) is 10.6 Å². The third-order valence-corrected chi connectivity index (χ3v) is 3.95. The summed E-state index contributed by atoms with van der Waals surface area (Å²) in [5, 5.41) is 6.15. The quantitative estimate of drug-likeness (QED) is 0.729. The SMILES string of the molecule is CCc1ccccc1Nc1cc(C(=O)Nc2ccccc2C)ncn1. The van der Waals surface area contributed by atoms with Crippen molar-refractivity contribution in [2.45, 2.75) is 20.3 Å². The summed E-state index contributed by atoms with van der Waals surface area (Å²) in [6.45, 7) is 4.05. The van der Waals surface area contributed by atoms with Gasteiger partial charge in [0.25, 0.3) is 5.91 Å². The van der Waals surface area contributed by atoms with Crippen LogP contribution in [0.3, 0.4) is 0 Å². The molecule has 0 spiro atoms. The highest BCUT2D eigenvalue weighted by Gasteiger charge is 2.11. The summed E-state index contributed by atoms with van der Waals surface area (Å²) in [6, 6.07) is 17.3. The monoisotopic (exact) mass is 332 g/mol. The summed E-state index contributed by atoms with van der Waals surface area (Å²) in [5.74, 6) is 0.328. The molecule has 0 saturated carbocycles. The van der Waals surface area contributed by atoms with E-state index in [1.54, 1.807) is 6.07 Å². The van der Waals surface area contributed by atoms with Gasteiger partial charge in [0.05, 0.1) is 0 Å². The van der Waals surface area contributed by atoms with Crippen molar-refractivity contribution in [2.24, 2.45) is 0 Å². The number of nitrogens with one attached hydrogen (secondary N) is 2. The molecule has 0 unspecified atom stereocenters. The number of nitrogens with zero attached hydrogens (tertiary/aromatic N) is 2. The molecule has 25 heavy (non-hydrogen) atoms. The number of aryl methyl sites for hydroxylation is 2. The van der Waals surface area contributed by atoms with Gasteiger partial charge in [-0.3, -0.25) is 4.79 Å². The van der Waals surface area contributed by atoms with E-state index < -0.39 is 0 Å². The predicted molar refractivity (Wildman–Crippen MR) is 100 cm³/mol. The maximum atomic E-state index is 12.5. The lowest BCUT2D eigenvalue weighted by molar-refractivity contribution is 0.102. The number of hydrogen-bond donors (Lipinski definition) is 2. The molecule has 3 rings (SSSR count). The lowest BCUT2D eigenvalue weighted by Crippen LogP contribution is -2.15.